The molecule has 6 heteroatoms. The minimum Gasteiger partial charge on any atom is -0.444 e. The van der Waals surface area contributed by atoms with Crippen molar-refractivity contribution in [3.05, 3.63) is 17.0 Å². The lowest BCUT2D eigenvalue weighted by molar-refractivity contribution is 0.0221. The summed E-state index contributed by atoms with van der Waals surface area (Å²) in [6.45, 7) is 12.0. The number of ether oxygens (including phenoxy) is 1. The predicted molar refractivity (Wildman–Crippen MR) is 88.3 cm³/mol. The third-order valence-electron chi connectivity index (χ3n) is 4.14. The van der Waals surface area contributed by atoms with Crippen molar-refractivity contribution in [3.8, 4) is 0 Å². The predicted octanol–water partition coefficient (Wildman–Crippen LogP) is 3.17. The van der Waals surface area contributed by atoms with Crippen LogP contribution in [0, 0.1) is 13.8 Å². The second-order valence-electron chi connectivity index (χ2n) is 7.24. The van der Waals surface area contributed by atoms with E-state index < -0.39 is 5.60 Å². The van der Waals surface area contributed by atoms with Crippen LogP contribution in [0.15, 0.2) is 4.52 Å². The zero-order valence-corrected chi connectivity index (χ0v) is 14.9. The van der Waals surface area contributed by atoms with Crippen LogP contribution < -0.4 is 5.32 Å². The maximum atomic E-state index is 12.2. The third-order valence-corrected chi connectivity index (χ3v) is 4.14. The first kappa shape index (κ1) is 17.8. The van der Waals surface area contributed by atoms with Crippen LogP contribution in [-0.4, -0.2) is 40.9 Å². The van der Waals surface area contributed by atoms with Gasteiger partial charge in [0.15, 0.2) is 0 Å². The van der Waals surface area contributed by atoms with Crippen molar-refractivity contribution in [1.82, 2.24) is 15.4 Å². The molecule has 1 aliphatic heterocycles. The lowest BCUT2D eigenvalue weighted by Gasteiger charge is -2.28. The van der Waals surface area contributed by atoms with Gasteiger partial charge in [-0.3, -0.25) is 0 Å². The van der Waals surface area contributed by atoms with E-state index in [9.17, 15) is 4.79 Å². The van der Waals surface area contributed by atoms with Gasteiger partial charge in [-0.15, -0.1) is 0 Å². The van der Waals surface area contributed by atoms with Crippen molar-refractivity contribution < 1.29 is 14.1 Å². The highest BCUT2D eigenvalue weighted by atomic mass is 16.6. The number of rotatable bonds is 5. The van der Waals surface area contributed by atoms with Gasteiger partial charge in [0.1, 0.15) is 11.4 Å². The quantitative estimate of drug-likeness (QED) is 0.843. The molecule has 1 saturated heterocycles. The van der Waals surface area contributed by atoms with Crippen LogP contribution in [0.2, 0.25) is 0 Å². The molecule has 0 saturated carbocycles. The molecule has 23 heavy (non-hydrogen) atoms. The number of carbonyl (C=O) groups excluding carboxylic acids is 1. The number of hydrogen-bond donors (Lipinski definition) is 1. The lowest BCUT2D eigenvalue weighted by atomic mass is 10.1. The molecule has 1 atom stereocenters. The van der Waals surface area contributed by atoms with E-state index in [1.807, 2.05) is 39.5 Å². The Morgan fingerprint density at radius 2 is 2.17 bits per heavy atom. The van der Waals surface area contributed by atoms with Crippen LogP contribution in [0.1, 0.15) is 57.1 Å². The molecule has 1 N–H and O–H groups in total. The number of nitrogens with one attached hydrogen (secondary N) is 1. The zero-order valence-electron chi connectivity index (χ0n) is 14.9. The SMILES string of the molecule is Cc1noc(C)c1CNCCC1CCCN1C(=O)OC(C)(C)C. The summed E-state index contributed by atoms with van der Waals surface area (Å²) < 4.78 is 10.7. The Hall–Kier alpha value is -1.56. The Morgan fingerprint density at radius 1 is 1.43 bits per heavy atom. The average Bonchev–Trinajstić information content (AvgIpc) is 3.02. The molecule has 0 aromatic carbocycles. The van der Waals surface area contributed by atoms with Gasteiger partial charge >= 0.3 is 6.09 Å². The normalized spacial score (nSPS) is 18.5. The first-order chi connectivity index (χ1) is 10.8. The monoisotopic (exact) mass is 323 g/mol. The van der Waals surface area contributed by atoms with E-state index in [0.29, 0.717) is 0 Å². The summed E-state index contributed by atoms with van der Waals surface area (Å²) >= 11 is 0. The lowest BCUT2D eigenvalue weighted by Crippen LogP contribution is -2.40. The van der Waals surface area contributed by atoms with Crippen LogP contribution in [0.5, 0.6) is 0 Å². The molecule has 0 aliphatic carbocycles. The van der Waals surface area contributed by atoms with E-state index in [-0.39, 0.29) is 12.1 Å². The zero-order chi connectivity index (χ0) is 17.0. The highest BCUT2D eigenvalue weighted by Crippen LogP contribution is 2.22. The summed E-state index contributed by atoms with van der Waals surface area (Å²) in [6.07, 6.45) is 2.84. The number of hydrogen-bond acceptors (Lipinski definition) is 5. The first-order valence-corrected chi connectivity index (χ1v) is 8.40. The molecule has 1 amide bonds. The van der Waals surface area contributed by atoms with Crippen molar-refractivity contribution in [2.75, 3.05) is 13.1 Å². The minimum absolute atomic E-state index is 0.189. The van der Waals surface area contributed by atoms with Crippen LogP contribution >= 0.6 is 0 Å². The van der Waals surface area contributed by atoms with Crippen molar-refractivity contribution in [2.24, 2.45) is 0 Å². The second-order valence-corrected chi connectivity index (χ2v) is 7.24. The Bertz CT molecular complexity index is 514. The van der Waals surface area contributed by atoms with Crippen molar-refractivity contribution >= 4 is 6.09 Å². The maximum Gasteiger partial charge on any atom is 0.410 e. The van der Waals surface area contributed by atoms with Gasteiger partial charge in [-0.2, -0.15) is 0 Å². The second kappa shape index (κ2) is 7.34. The van der Waals surface area contributed by atoms with E-state index in [1.54, 1.807) is 0 Å². The highest BCUT2D eigenvalue weighted by molar-refractivity contribution is 5.68. The van der Waals surface area contributed by atoms with Gasteiger partial charge < -0.3 is 19.5 Å². The summed E-state index contributed by atoms with van der Waals surface area (Å²) in [6, 6.07) is 0.266. The molecule has 1 aliphatic rings. The molecule has 2 rings (SSSR count). The maximum absolute atomic E-state index is 12.2. The largest absolute Gasteiger partial charge is 0.444 e. The molecule has 0 radical (unpaired) electrons. The summed E-state index contributed by atoms with van der Waals surface area (Å²) in [7, 11) is 0. The average molecular weight is 323 g/mol. The van der Waals surface area contributed by atoms with Crippen LogP contribution in [0.25, 0.3) is 0 Å². The molecule has 1 aromatic rings. The van der Waals surface area contributed by atoms with Crippen LogP contribution in [0.3, 0.4) is 0 Å². The molecular weight excluding hydrogens is 294 g/mol. The molecule has 2 heterocycles. The number of aromatic nitrogens is 1. The highest BCUT2D eigenvalue weighted by Gasteiger charge is 2.31. The Labute approximate surface area is 138 Å². The molecular formula is C17H29N3O3. The molecule has 1 aromatic heterocycles. The molecule has 1 fully saturated rings. The Morgan fingerprint density at radius 3 is 2.78 bits per heavy atom. The van der Waals surface area contributed by atoms with E-state index in [2.05, 4.69) is 10.5 Å². The molecule has 1 unspecified atom stereocenters. The van der Waals surface area contributed by atoms with Crippen molar-refractivity contribution in [3.63, 3.8) is 0 Å². The molecule has 6 nitrogen and oxygen atoms in total. The van der Waals surface area contributed by atoms with Gasteiger partial charge in [0, 0.05) is 24.7 Å². The Balaban J connectivity index is 1.77. The van der Waals surface area contributed by atoms with Gasteiger partial charge in [-0.1, -0.05) is 5.16 Å². The summed E-state index contributed by atoms with van der Waals surface area (Å²) in [5.41, 5.74) is 1.62. The minimum atomic E-state index is -0.439. The van der Waals surface area contributed by atoms with Gasteiger partial charge in [-0.05, 0) is 60.4 Å². The van der Waals surface area contributed by atoms with Crippen molar-refractivity contribution in [2.45, 2.75) is 72.1 Å². The number of amides is 1. The van der Waals surface area contributed by atoms with E-state index in [0.717, 1.165) is 55.9 Å². The number of likely N-dealkylation sites (tertiary alicyclic amines) is 1. The number of carbonyl (C=O) groups is 1. The third kappa shape index (κ3) is 4.96. The molecule has 0 spiro atoms. The van der Waals surface area contributed by atoms with E-state index in [4.69, 9.17) is 9.26 Å². The van der Waals surface area contributed by atoms with Gasteiger partial charge in [0.25, 0.3) is 0 Å². The van der Waals surface area contributed by atoms with Crippen LogP contribution in [-0.2, 0) is 11.3 Å². The summed E-state index contributed by atoms with van der Waals surface area (Å²) in [5, 5.41) is 7.38. The fraction of sp³-hybridized carbons (Fsp3) is 0.765. The fourth-order valence-corrected chi connectivity index (χ4v) is 2.93. The Kier molecular flexibility index (Phi) is 5.68. The van der Waals surface area contributed by atoms with Gasteiger partial charge in [0.05, 0.1) is 5.69 Å². The fourth-order valence-electron chi connectivity index (χ4n) is 2.93. The smallest absolute Gasteiger partial charge is 0.410 e. The molecule has 0 bridgehead atoms. The number of nitrogens with zero attached hydrogens (tertiary/aromatic N) is 2. The summed E-state index contributed by atoms with van der Waals surface area (Å²) in [4.78, 5) is 14.1. The van der Waals surface area contributed by atoms with E-state index >= 15 is 0 Å². The first-order valence-electron chi connectivity index (χ1n) is 8.40. The van der Waals surface area contributed by atoms with Gasteiger partial charge in [0.2, 0.25) is 0 Å². The topological polar surface area (TPSA) is 67.6 Å². The number of aryl methyl sites for hydroxylation is 2. The van der Waals surface area contributed by atoms with Crippen molar-refractivity contribution in [1.29, 1.82) is 0 Å². The van der Waals surface area contributed by atoms with Crippen LogP contribution in [0.4, 0.5) is 4.79 Å². The van der Waals surface area contributed by atoms with Gasteiger partial charge in [-0.25, -0.2) is 4.79 Å². The standard InChI is InChI=1S/C17H29N3O3/c1-12-15(13(2)23-19-12)11-18-9-8-14-7-6-10-20(14)16(21)22-17(3,4)5/h14,18H,6-11H2,1-5H3. The molecule has 130 valence electrons. The van der Waals surface area contributed by atoms with E-state index in [1.165, 1.54) is 0 Å². The summed E-state index contributed by atoms with van der Waals surface area (Å²) in [5.74, 6) is 0.867.